The quantitative estimate of drug-likeness (QED) is 0.407. The molecule has 0 unspecified atom stereocenters. The molecule has 0 amide bonds. The van der Waals surface area contributed by atoms with Gasteiger partial charge in [-0.2, -0.15) is 8.42 Å². The molecule has 0 aliphatic heterocycles. The minimum absolute atomic E-state index is 0.00485. The van der Waals surface area contributed by atoms with Crippen molar-refractivity contribution in [2.75, 3.05) is 6.61 Å². The molecule has 2 aromatic rings. The van der Waals surface area contributed by atoms with Gasteiger partial charge in [0, 0.05) is 5.39 Å². The van der Waals surface area contributed by atoms with E-state index in [4.69, 9.17) is 18.9 Å². The molecular formula is C20H32O7STi. The number of rotatable bonds is 3. The molecule has 0 aliphatic carbocycles. The molecule has 2 rings (SSSR count). The molecule has 7 nitrogen and oxygen atoms in total. The molecule has 2 aromatic carbocycles. The van der Waals surface area contributed by atoms with Crippen LogP contribution >= 0.6 is 0 Å². The molecule has 4 N–H and O–H groups in total. The Morgan fingerprint density at radius 1 is 0.862 bits per heavy atom. The fourth-order valence-electron chi connectivity index (χ4n) is 2.66. The van der Waals surface area contributed by atoms with Crippen LogP contribution in [0.3, 0.4) is 0 Å². The van der Waals surface area contributed by atoms with Crippen LogP contribution in [0.5, 0.6) is 0 Å². The topological polar surface area (TPSA) is 124 Å². The maximum absolute atomic E-state index is 12.6. The summed E-state index contributed by atoms with van der Waals surface area (Å²) in [6.45, 7) is 14.5. The van der Waals surface area contributed by atoms with Crippen LogP contribution in [0, 0.1) is 0 Å². The van der Waals surface area contributed by atoms with Gasteiger partial charge >= 0.3 is 32.9 Å². The normalized spacial score (nSPS) is 13.2. The third kappa shape index (κ3) is 8.07. The van der Waals surface area contributed by atoms with E-state index in [9.17, 15) is 8.42 Å². The van der Waals surface area contributed by atoms with Crippen molar-refractivity contribution in [3.63, 3.8) is 0 Å². The fraction of sp³-hybridized carbons (Fsp3) is 0.500. The predicted octanol–water partition coefficient (Wildman–Crippen LogP) is 2.93. The van der Waals surface area contributed by atoms with E-state index < -0.39 is 28.3 Å². The van der Waals surface area contributed by atoms with Crippen LogP contribution < -0.4 is 0 Å². The monoisotopic (exact) mass is 464 g/mol. The summed E-state index contributed by atoms with van der Waals surface area (Å²) in [7, 11) is -3.77. The summed E-state index contributed by atoms with van der Waals surface area (Å²) in [6.07, 6.45) is 0. The Bertz CT molecular complexity index is 938. The van der Waals surface area contributed by atoms with Crippen molar-refractivity contribution in [3.8, 4) is 0 Å². The summed E-state index contributed by atoms with van der Waals surface area (Å²) in [4.78, 5) is 0.257. The molecule has 0 bridgehead atoms. The number of hydrogen-bond donors (Lipinski definition) is 4. The van der Waals surface area contributed by atoms with Crippen molar-refractivity contribution in [3.05, 3.63) is 41.5 Å². The van der Waals surface area contributed by atoms with Gasteiger partial charge in [0.05, 0.1) is 6.61 Å². The molecule has 0 saturated heterocycles. The van der Waals surface area contributed by atoms with Crippen molar-refractivity contribution in [2.45, 2.75) is 64.2 Å². The first-order valence-electron chi connectivity index (χ1n) is 9.24. The Morgan fingerprint density at radius 2 is 1.31 bits per heavy atom. The number of benzene rings is 2. The van der Waals surface area contributed by atoms with Crippen molar-refractivity contribution >= 4 is 20.9 Å². The number of hydrogen-bond acceptors (Lipinski definition) is 7. The Labute approximate surface area is 178 Å². The Balaban J connectivity index is 0.000000749. The van der Waals surface area contributed by atoms with Gasteiger partial charge in [0.25, 0.3) is 10.1 Å². The van der Waals surface area contributed by atoms with Gasteiger partial charge in [0.1, 0.15) is 4.90 Å². The summed E-state index contributed by atoms with van der Waals surface area (Å²) >= 11 is -5.00. The first-order chi connectivity index (χ1) is 12.9. The Kier molecular flexibility index (Phi) is 8.24. The van der Waals surface area contributed by atoms with Gasteiger partial charge in [0.2, 0.25) is 0 Å². The van der Waals surface area contributed by atoms with E-state index in [-0.39, 0.29) is 22.3 Å². The van der Waals surface area contributed by atoms with Crippen LogP contribution in [-0.4, -0.2) is 29.8 Å². The van der Waals surface area contributed by atoms with E-state index in [1.54, 1.807) is 13.0 Å². The molecule has 29 heavy (non-hydrogen) atoms. The second-order valence-electron chi connectivity index (χ2n) is 8.87. The van der Waals surface area contributed by atoms with Gasteiger partial charge < -0.3 is 0 Å². The molecular weight excluding hydrogens is 432 g/mol. The molecule has 0 atom stereocenters. The van der Waals surface area contributed by atoms with Gasteiger partial charge in [-0.3, -0.25) is 4.18 Å². The van der Waals surface area contributed by atoms with Crippen LogP contribution in [0.4, 0.5) is 0 Å². The average molecular weight is 464 g/mol. The van der Waals surface area contributed by atoms with E-state index in [1.807, 2.05) is 12.1 Å². The van der Waals surface area contributed by atoms with E-state index in [1.165, 1.54) is 5.56 Å². The molecule has 0 heterocycles. The van der Waals surface area contributed by atoms with Gasteiger partial charge in [-0.1, -0.05) is 65.8 Å². The molecule has 0 aliphatic rings. The summed E-state index contributed by atoms with van der Waals surface area (Å²) in [5.41, 5.74) is 2.02. The van der Waals surface area contributed by atoms with Crippen molar-refractivity contribution in [2.24, 2.45) is 0 Å². The zero-order valence-electron chi connectivity index (χ0n) is 18.0. The number of fused-ring (bicyclic) bond motifs is 1. The minimum atomic E-state index is -5.00. The molecule has 0 radical (unpaired) electrons. The predicted molar refractivity (Wildman–Crippen MR) is 109 cm³/mol. The fourth-order valence-corrected chi connectivity index (χ4v) is 3.82. The second kappa shape index (κ2) is 9.12. The Hall–Kier alpha value is -0.836. The van der Waals surface area contributed by atoms with Crippen LogP contribution in [0.25, 0.3) is 10.8 Å². The molecule has 9 heteroatoms. The SMILES string of the molecule is CCOS(=O)(=O)c1cc(C(C)(C)C)cc2cc(C(C)(C)C)ccc12.[OH][Ti]([OH])([OH])[OH]. The van der Waals surface area contributed by atoms with Crippen LogP contribution in [0.1, 0.15) is 59.6 Å². The first kappa shape index (κ1) is 26.2. The zero-order valence-corrected chi connectivity index (χ0v) is 20.4. The summed E-state index contributed by atoms with van der Waals surface area (Å²) in [5, 5.41) is 1.65. The molecule has 0 fully saturated rings. The van der Waals surface area contributed by atoms with Crippen molar-refractivity contribution in [1.82, 2.24) is 0 Å². The Morgan fingerprint density at radius 3 is 1.72 bits per heavy atom. The first-order valence-corrected chi connectivity index (χ1v) is 13.4. The summed E-state index contributed by atoms with van der Waals surface area (Å²) in [6, 6.07) is 9.84. The van der Waals surface area contributed by atoms with Gasteiger partial charge in [0.15, 0.2) is 0 Å². The standard InChI is InChI=1S/C20H28O3S.4H2O.Ti/c1-8-23-24(21,22)18-13-16(20(5,6)7)12-14-11-15(19(2,3)4)9-10-17(14)18;;;;;/h9-13H,8H2,1-7H3;4*1H2;/q;;;;;+4/p-4. The van der Waals surface area contributed by atoms with Gasteiger partial charge in [-0.25, -0.2) is 0 Å². The summed E-state index contributed by atoms with van der Waals surface area (Å²) < 4.78 is 59.7. The average Bonchev–Trinajstić information content (AvgIpc) is 2.49. The van der Waals surface area contributed by atoms with Gasteiger partial charge in [-0.15, -0.1) is 0 Å². The molecule has 0 spiro atoms. The van der Waals surface area contributed by atoms with E-state index in [0.29, 0.717) is 5.39 Å². The second-order valence-corrected chi connectivity index (χ2v) is 12.3. The van der Waals surface area contributed by atoms with Crippen molar-refractivity contribution < 1.29 is 45.5 Å². The molecule has 0 saturated carbocycles. The third-order valence-electron chi connectivity index (χ3n) is 4.19. The van der Waals surface area contributed by atoms with E-state index in [0.717, 1.165) is 10.9 Å². The molecule has 164 valence electrons. The van der Waals surface area contributed by atoms with Crippen molar-refractivity contribution in [1.29, 1.82) is 0 Å². The maximum atomic E-state index is 12.6. The van der Waals surface area contributed by atoms with Crippen LogP contribution in [0.15, 0.2) is 35.2 Å². The zero-order chi connectivity index (χ0) is 22.8. The summed E-state index contributed by atoms with van der Waals surface area (Å²) in [5.74, 6) is 0. The van der Waals surface area contributed by atoms with Gasteiger partial charge in [-0.05, 0) is 40.3 Å². The van der Waals surface area contributed by atoms with E-state index in [2.05, 4.69) is 53.7 Å². The van der Waals surface area contributed by atoms with Crippen LogP contribution in [0.2, 0.25) is 0 Å². The third-order valence-corrected chi connectivity index (χ3v) is 5.61. The molecule has 0 aromatic heterocycles. The van der Waals surface area contributed by atoms with Crippen LogP contribution in [-0.2, 0) is 43.3 Å². The van der Waals surface area contributed by atoms with E-state index >= 15 is 0 Å².